The Morgan fingerprint density at radius 1 is 1.64 bits per heavy atom. The van der Waals surface area contributed by atoms with Crippen LogP contribution in [0.1, 0.15) is 19.3 Å². The number of carboxylic acids is 1. The van der Waals surface area contributed by atoms with Crippen molar-refractivity contribution in [3.8, 4) is 0 Å². The number of hydrazone groups is 1. The zero-order valence-corrected chi connectivity index (χ0v) is 6.10. The molecule has 1 saturated heterocycles. The molecule has 0 aromatic heterocycles. The lowest BCUT2D eigenvalue weighted by atomic mass is 10.1. The molecule has 0 aromatic carbocycles. The summed E-state index contributed by atoms with van der Waals surface area (Å²) in [6.45, 7) is 0. The van der Waals surface area contributed by atoms with Gasteiger partial charge in [0.25, 0.3) is 0 Å². The molecule has 2 heterocycles. The molecule has 0 bridgehead atoms. The maximum atomic E-state index is 10.6. The summed E-state index contributed by atoms with van der Waals surface area (Å²) in [7, 11) is 0. The van der Waals surface area contributed by atoms with Gasteiger partial charge in [-0.05, 0) is 12.8 Å². The van der Waals surface area contributed by atoms with E-state index in [9.17, 15) is 4.79 Å². The summed E-state index contributed by atoms with van der Waals surface area (Å²) < 4.78 is 0. The molecule has 0 spiro atoms. The molecule has 0 radical (unpaired) electrons. The van der Waals surface area contributed by atoms with Gasteiger partial charge < -0.3 is 5.11 Å². The van der Waals surface area contributed by atoms with Crippen molar-refractivity contribution in [2.24, 2.45) is 5.10 Å². The van der Waals surface area contributed by atoms with E-state index in [-0.39, 0.29) is 6.04 Å². The third-order valence-corrected chi connectivity index (χ3v) is 2.34. The van der Waals surface area contributed by atoms with Crippen molar-refractivity contribution < 1.29 is 9.90 Å². The lowest BCUT2D eigenvalue weighted by Crippen LogP contribution is -2.33. The predicted octanol–water partition coefficient (Wildman–Crippen LogP) is 0.294. The Hall–Kier alpha value is -1.06. The van der Waals surface area contributed by atoms with Crippen LogP contribution in [0.4, 0.5) is 0 Å². The van der Waals surface area contributed by atoms with Crippen molar-refractivity contribution in [2.75, 3.05) is 0 Å². The Morgan fingerprint density at radius 2 is 2.45 bits per heavy atom. The third kappa shape index (κ3) is 0.895. The lowest BCUT2D eigenvalue weighted by molar-refractivity contribution is -0.142. The fourth-order valence-corrected chi connectivity index (χ4v) is 1.77. The van der Waals surface area contributed by atoms with E-state index in [2.05, 4.69) is 5.10 Å². The third-order valence-electron chi connectivity index (χ3n) is 2.34. The minimum absolute atomic E-state index is 0.362. The number of rotatable bonds is 1. The first-order chi connectivity index (χ1) is 5.29. The number of hydrogen-bond acceptors (Lipinski definition) is 3. The largest absolute Gasteiger partial charge is 0.480 e. The van der Waals surface area contributed by atoms with Crippen molar-refractivity contribution in [2.45, 2.75) is 31.3 Å². The summed E-state index contributed by atoms with van der Waals surface area (Å²) in [5, 5.41) is 14.5. The van der Waals surface area contributed by atoms with Crippen molar-refractivity contribution in [3.05, 3.63) is 0 Å². The molecule has 2 atom stereocenters. The van der Waals surface area contributed by atoms with Crippen LogP contribution in [0.5, 0.6) is 0 Å². The Labute approximate surface area is 64.5 Å². The van der Waals surface area contributed by atoms with Crippen molar-refractivity contribution in [1.29, 1.82) is 0 Å². The van der Waals surface area contributed by atoms with E-state index < -0.39 is 5.97 Å². The number of fused-ring (bicyclic) bond motifs is 1. The second-order valence-corrected chi connectivity index (χ2v) is 3.00. The van der Waals surface area contributed by atoms with Gasteiger partial charge in [0.15, 0.2) is 0 Å². The van der Waals surface area contributed by atoms with Crippen molar-refractivity contribution in [1.82, 2.24) is 5.01 Å². The van der Waals surface area contributed by atoms with Crippen LogP contribution < -0.4 is 0 Å². The summed E-state index contributed by atoms with van der Waals surface area (Å²) in [5.74, 6) is -0.744. The van der Waals surface area contributed by atoms with E-state index in [1.54, 1.807) is 11.2 Å². The fraction of sp³-hybridized carbons (Fsp3) is 0.714. The van der Waals surface area contributed by atoms with E-state index in [1.165, 1.54) is 0 Å². The van der Waals surface area contributed by atoms with Gasteiger partial charge in [0.1, 0.15) is 6.04 Å². The van der Waals surface area contributed by atoms with Crippen molar-refractivity contribution >= 4 is 12.2 Å². The van der Waals surface area contributed by atoms with Crippen LogP contribution in [0.3, 0.4) is 0 Å². The average Bonchev–Trinajstić information content (AvgIpc) is 2.41. The minimum atomic E-state index is -0.744. The highest BCUT2D eigenvalue weighted by molar-refractivity contribution is 5.75. The number of carboxylic acid groups (broad SMARTS) is 1. The van der Waals surface area contributed by atoms with E-state index >= 15 is 0 Å². The molecule has 2 aliphatic rings. The molecule has 4 heteroatoms. The van der Waals surface area contributed by atoms with Gasteiger partial charge in [-0.15, -0.1) is 0 Å². The number of carbonyl (C=O) groups is 1. The molecule has 0 amide bonds. The molecule has 2 aliphatic heterocycles. The Balaban J connectivity index is 2.14. The maximum Gasteiger partial charge on any atom is 0.328 e. The van der Waals surface area contributed by atoms with Crippen LogP contribution in [0.15, 0.2) is 5.10 Å². The van der Waals surface area contributed by atoms with E-state index in [0.29, 0.717) is 6.04 Å². The second kappa shape index (κ2) is 2.22. The van der Waals surface area contributed by atoms with Crippen LogP contribution in [0.25, 0.3) is 0 Å². The Kier molecular flexibility index (Phi) is 1.34. The molecule has 1 fully saturated rings. The van der Waals surface area contributed by atoms with E-state index in [4.69, 9.17) is 5.11 Å². The summed E-state index contributed by atoms with van der Waals surface area (Å²) in [5.41, 5.74) is 0. The first-order valence-electron chi connectivity index (χ1n) is 3.82. The molecule has 60 valence electrons. The lowest BCUT2D eigenvalue weighted by Gasteiger charge is -2.18. The molecule has 4 nitrogen and oxygen atoms in total. The van der Waals surface area contributed by atoms with E-state index in [1.807, 2.05) is 0 Å². The molecule has 0 saturated carbocycles. The molecule has 0 aromatic rings. The monoisotopic (exact) mass is 154 g/mol. The number of hydrogen-bond donors (Lipinski definition) is 1. The first kappa shape index (κ1) is 6.64. The SMILES string of the molecule is O=C(O)C1CCC2CC=NN21. The predicted molar refractivity (Wildman–Crippen MR) is 39.4 cm³/mol. The van der Waals surface area contributed by atoms with Crippen LogP contribution in [-0.4, -0.2) is 34.4 Å². The molecule has 1 N–H and O–H groups in total. The highest BCUT2D eigenvalue weighted by Gasteiger charge is 2.38. The highest BCUT2D eigenvalue weighted by Crippen LogP contribution is 2.29. The average molecular weight is 154 g/mol. The smallest absolute Gasteiger partial charge is 0.328 e. The van der Waals surface area contributed by atoms with Gasteiger partial charge in [0, 0.05) is 12.6 Å². The zero-order valence-electron chi connectivity index (χ0n) is 6.10. The van der Waals surface area contributed by atoms with Gasteiger partial charge >= 0.3 is 5.97 Å². The normalized spacial score (nSPS) is 34.4. The van der Waals surface area contributed by atoms with Gasteiger partial charge in [-0.3, -0.25) is 5.01 Å². The molecule has 2 rings (SSSR count). The molecule has 11 heavy (non-hydrogen) atoms. The summed E-state index contributed by atoms with van der Waals surface area (Å²) >= 11 is 0. The topological polar surface area (TPSA) is 52.9 Å². The number of aliphatic carboxylic acids is 1. The molecule has 2 unspecified atom stereocenters. The van der Waals surface area contributed by atoms with Crippen LogP contribution in [0.2, 0.25) is 0 Å². The second-order valence-electron chi connectivity index (χ2n) is 3.00. The minimum Gasteiger partial charge on any atom is -0.480 e. The molecular formula is C7H10N2O2. The first-order valence-corrected chi connectivity index (χ1v) is 3.82. The quantitative estimate of drug-likeness (QED) is 0.590. The summed E-state index contributed by atoms with van der Waals surface area (Å²) in [6.07, 6.45) is 4.44. The Morgan fingerprint density at radius 3 is 3.18 bits per heavy atom. The Bertz CT molecular complexity index is 214. The van der Waals surface area contributed by atoms with Gasteiger partial charge in [0.05, 0.1) is 6.04 Å². The highest BCUT2D eigenvalue weighted by atomic mass is 16.4. The fourth-order valence-electron chi connectivity index (χ4n) is 1.77. The van der Waals surface area contributed by atoms with Gasteiger partial charge in [0.2, 0.25) is 0 Å². The van der Waals surface area contributed by atoms with E-state index in [0.717, 1.165) is 19.3 Å². The summed E-state index contributed by atoms with van der Waals surface area (Å²) in [4.78, 5) is 10.6. The summed E-state index contributed by atoms with van der Waals surface area (Å²) in [6, 6.07) is 0.00912. The zero-order chi connectivity index (χ0) is 7.84. The van der Waals surface area contributed by atoms with Gasteiger partial charge in [-0.25, -0.2) is 4.79 Å². The van der Waals surface area contributed by atoms with Gasteiger partial charge in [-0.2, -0.15) is 5.10 Å². The molecule has 0 aliphatic carbocycles. The van der Waals surface area contributed by atoms with Crippen LogP contribution >= 0.6 is 0 Å². The van der Waals surface area contributed by atoms with Crippen LogP contribution in [0, 0.1) is 0 Å². The number of nitrogens with zero attached hydrogens (tertiary/aromatic N) is 2. The standard InChI is InChI=1S/C7H10N2O2/c10-7(11)6-2-1-5-3-4-8-9(5)6/h4-6H,1-3H2,(H,10,11). The van der Waals surface area contributed by atoms with Gasteiger partial charge in [-0.1, -0.05) is 0 Å². The molecular weight excluding hydrogens is 144 g/mol. The van der Waals surface area contributed by atoms with Crippen molar-refractivity contribution in [3.63, 3.8) is 0 Å². The maximum absolute atomic E-state index is 10.6. The van der Waals surface area contributed by atoms with Crippen LogP contribution in [-0.2, 0) is 4.79 Å².